The van der Waals surface area contributed by atoms with Crippen LogP contribution in [0.25, 0.3) is 0 Å². The fraction of sp³-hybridized carbons (Fsp3) is 0.0714. The molecule has 0 fully saturated rings. The second-order valence-corrected chi connectivity index (χ2v) is 4.88. The highest BCUT2D eigenvalue weighted by Gasteiger charge is 2.43. The minimum atomic E-state index is -3.73. The van der Waals surface area contributed by atoms with Gasteiger partial charge in [-0.25, -0.2) is 0 Å². The molecule has 0 bridgehead atoms. The number of phenols is 1. The number of anilines is 1. The summed E-state index contributed by atoms with van der Waals surface area (Å²) in [5.41, 5.74) is 0.153. The monoisotopic (exact) mass is 327 g/mol. The predicted octanol–water partition coefficient (Wildman–Crippen LogP) is 3.62. The molecule has 0 spiro atoms. The van der Waals surface area contributed by atoms with Gasteiger partial charge in [-0.2, -0.15) is 0 Å². The first-order chi connectivity index (χ1) is 10.3. The highest BCUT2D eigenvalue weighted by Crippen LogP contribution is 2.42. The van der Waals surface area contributed by atoms with Gasteiger partial charge in [-0.1, -0.05) is 11.6 Å². The predicted molar refractivity (Wildman–Crippen MR) is 73.7 cm³/mol. The molecule has 1 amide bonds. The smallest absolute Gasteiger partial charge is 0.507 e. The fourth-order valence-electron chi connectivity index (χ4n) is 1.92. The number of amides is 1. The van der Waals surface area contributed by atoms with E-state index in [0.29, 0.717) is 0 Å². The number of hydrogen-bond donors (Lipinski definition) is 2. The van der Waals surface area contributed by atoms with Crippen LogP contribution in [0, 0.1) is 0 Å². The van der Waals surface area contributed by atoms with Gasteiger partial charge in [-0.05, 0) is 30.3 Å². The van der Waals surface area contributed by atoms with Gasteiger partial charge in [0.05, 0.1) is 5.56 Å². The van der Waals surface area contributed by atoms with Crippen molar-refractivity contribution < 1.29 is 28.2 Å². The van der Waals surface area contributed by atoms with Crippen LogP contribution in [0.4, 0.5) is 14.5 Å². The molecule has 1 heterocycles. The first-order valence-electron chi connectivity index (χ1n) is 6.04. The number of carbonyl (C=O) groups excluding carboxylic acids is 1. The number of alkyl halides is 2. The third-order valence-corrected chi connectivity index (χ3v) is 3.10. The molecule has 1 aliphatic heterocycles. The summed E-state index contributed by atoms with van der Waals surface area (Å²) in [4.78, 5) is 12.1. The van der Waals surface area contributed by atoms with Crippen LogP contribution >= 0.6 is 11.6 Å². The normalized spacial score (nSPS) is 14.7. The maximum Gasteiger partial charge on any atom is 0.586 e. The van der Waals surface area contributed by atoms with E-state index in [-0.39, 0.29) is 33.5 Å². The van der Waals surface area contributed by atoms with Gasteiger partial charge in [0.15, 0.2) is 11.5 Å². The molecule has 5 nitrogen and oxygen atoms in total. The number of fused-ring (bicyclic) bond motifs is 1. The van der Waals surface area contributed by atoms with Crippen LogP contribution in [-0.2, 0) is 0 Å². The lowest BCUT2D eigenvalue weighted by atomic mass is 10.2. The zero-order valence-electron chi connectivity index (χ0n) is 10.8. The van der Waals surface area contributed by atoms with Gasteiger partial charge in [0, 0.05) is 16.8 Å². The molecule has 8 heteroatoms. The molecular weight excluding hydrogens is 320 g/mol. The average Bonchev–Trinajstić information content (AvgIpc) is 2.74. The molecule has 114 valence electrons. The maximum atomic E-state index is 12.9. The first kappa shape index (κ1) is 14.4. The highest BCUT2D eigenvalue weighted by atomic mass is 35.5. The molecule has 1 aliphatic rings. The lowest BCUT2D eigenvalue weighted by molar-refractivity contribution is -0.286. The number of nitrogens with one attached hydrogen (secondary N) is 1. The van der Waals surface area contributed by atoms with Crippen LogP contribution in [-0.4, -0.2) is 17.3 Å². The van der Waals surface area contributed by atoms with E-state index in [1.807, 2.05) is 0 Å². The highest BCUT2D eigenvalue weighted by molar-refractivity contribution is 6.31. The van der Waals surface area contributed by atoms with E-state index in [2.05, 4.69) is 14.8 Å². The number of carbonyl (C=O) groups is 1. The average molecular weight is 328 g/mol. The topological polar surface area (TPSA) is 67.8 Å². The first-order valence-corrected chi connectivity index (χ1v) is 6.42. The largest absolute Gasteiger partial charge is 0.586 e. The van der Waals surface area contributed by atoms with Crippen LogP contribution in [0.5, 0.6) is 17.2 Å². The van der Waals surface area contributed by atoms with Crippen molar-refractivity contribution in [3.63, 3.8) is 0 Å². The van der Waals surface area contributed by atoms with Crippen LogP contribution in [0.2, 0.25) is 5.02 Å². The molecule has 0 saturated heterocycles. The van der Waals surface area contributed by atoms with Crippen molar-refractivity contribution in [2.45, 2.75) is 6.29 Å². The molecule has 2 N–H and O–H groups in total. The van der Waals surface area contributed by atoms with E-state index in [0.717, 1.165) is 0 Å². The zero-order chi connectivity index (χ0) is 15.9. The summed E-state index contributed by atoms with van der Waals surface area (Å²) in [7, 11) is 0. The van der Waals surface area contributed by atoms with Gasteiger partial charge in [-0.3, -0.25) is 4.79 Å². The van der Waals surface area contributed by atoms with E-state index in [1.165, 1.54) is 36.4 Å². The van der Waals surface area contributed by atoms with E-state index >= 15 is 0 Å². The number of phenolic OH excluding ortho intramolecular Hbond substituents is 1. The molecule has 22 heavy (non-hydrogen) atoms. The summed E-state index contributed by atoms with van der Waals surface area (Å²) in [5.74, 6) is -1.23. The third-order valence-electron chi connectivity index (χ3n) is 2.86. The van der Waals surface area contributed by atoms with Gasteiger partial charge in [-0.15, -0.1) is 8.78 Å². The van der Waals surface area contributed by atoms with Crippen molar-refractivity contribution in [3.8, 4) is 17.2 Å². The van der Waals surface area contributed by atoms with Crippen molar-refractivity contribution in [1.82, 2.24) is 0 Å². The minimum absolute atomic E-state index is 0.0458. The van der Waals surface area contributed by atoms with E-state index in [1.54, 1.807) is 0 Å². The molecule has 0 aromatic heterocycles. The second kappa shape index (κ2) is 5.03. The lowest BCUT2D eigenvalue weighted by Gasteiger charge is -2.08. The number of benzene rings is 2. The Morgan fingerprint density at radius 2 is 1.86 bits per heavy atom. The molecule has 0 unspecified atom stereocenters. The van der Waals surface area contributed by atoms with Crippen molar-refractivity contribution in [2.75, 3.05) is 5.32 Å². The van der Waals surface area contributed by atoms with Gasteiger partial charge in [0.1, 0.15) is 5.75 Å². The van der Waals surface area contributed by atoms with Crippen LogP contribution in [0.1, 0.15) is 10.4 Å². The van der Waals surface area contributed by atoms with Crippen LogP contribution in [0.15, 0.2) is 36.4 Å². The van der Waals surface area contributed by atoms with E-state index < -0.39 is 12.2 Å². The summed E-state index contributed by atoms with van der Waals surface area (Å²) in [6.07, 6.45) is -3.73. The van der Waals surface area contributed by atoms with Crippen molar-refractivity contribution in [1.29, 1.82) is 0 Å². The second-order valence-electron chi connectivity index (χ2n) is 4.44. The van der Waals surface area contributed by atoms with E-state index in [9.17, 15) is 18.7 Å². The number of aromatic hydroxyl groups is 1. The van der Waals surface area contributed by atoms with Gasteiger partial charge in [0.25, 0.3) is 5.91 Å². The standard InChI is InChI=1S/C14H8ClF2NO4/c15-7-1-3-10(19)9(5-7)13(20)18-8-2-4-11-12(6-8)22-14(16,17)21-11/h1-6,19H,(H,18,20). The lowest BCUT2D eigenvalue weighted by Crippen LogP contribution is -2.25. The van der Waals surface area contributed by atoms with Gasteiger partial charge in [0.2, 0.25) is 0 Å². The molecule has 2 aromatic rings. The molecule has 0 aliphatic carbocycles. The Bertz CT molecular complexity index is 767. The number of halogens is 3. The summed E-state index contributed by atoms with van der Waals surface area (Å²) >= 11 is 5.76. The SMILES string of the molecule is O=C(Nc1ccc2c(c1)OC(F)(F)O2)c1cc(Cl)ccc1O. The molecule has 0 saturated carbocycles. The van der Waals surface area contributed by atoms with Crippen molar-refractivity contribution in [2.24, 2.45) is 0 Å². The maximum absolute atomic E-state index is 12.9. The quantitative estimate of drug-likeness (QED) is 0.884. The zero-order valence-corrected chi connectivity index (χ0v) is 11.5. The Hall–Kier alpha value is -2.54. The Labute approximate surface area is 128 Å². The van der Waals surface area contributed by atoms with Gasteiger partial charge < -0.3 is 19.9 Å². The molecule has 0 atom stereocenters. The summed E-state index contributed by atoms with van der Waals surface area (Å²) in [6, 6.07) is 7.78. The Morgan fingerprint density at radius 3 is 2.64 bits per heavy atom. The number of ether oxygens (including phenoxy) is 2. The third kappa shape index (κ3) is 2.75. The van der Waals surface area contributed by atoms with Gasteiger partial charge >= 0.3 is 6.29 Å². The Morgan fingerprint density at radius 1 is 1.14 bits per heavy atom. The number of hydrogen-bond acceptors (Lipinski definition) is 4. The molecule has 3 rings (SSSR count). The Kier molecular flexibility index (Phi) is 3.29. The summed E-state index contributed by atoms with van der Waals surface area (Å²) in [6.45, 7) is 0. The molecule has 0 radical (unpaired) electrons. The van der Waals surface area contributed by atoms with Crippen LogP contribution in [0.3, 0.4) is 0 Å². The molecule has 2 aromatic carbocycles. The van der Waals surface area contributed by atoms with Crippen LogP contribution < -0.4 is 14.8 Å². The number of rotatable bonds is 2. The fourth-order valence-corrected chi connectivity index (χ4v) is 2.09. The minimum Gasteiger partial charge on any atom is -0.507 e. The summed E-state index contributed by atoms with van der Waals surface area (Å²) in [5, 5.41) is 12.4. The van der Waals surface area contributed by atoms with E-state index in [4.69, 9.17) is 11.6 Å². The Balaban J connectivity index is 1.83. The van der Waals surface area contributed by atoms with Crippen molar-refractivity contribution in [3.05, 3.63) is 47.0 Å². The summed E-state index contributed by atoms with van der Waals surface area (Å²) < 4.78 is 34.4. The molecular formula is C14H8ClF2NO4. The van der Waals surface area contributed by atoms with Crippen molar-refractivity contribution >= 4 is 23.2 Å².